The highest BCUT2D eigenvalue weighted by Gasteiger charge is 2.45. The predicted octanol–water partition coefficient (Wildman–Crippen LogP) is 0.320. The van der Waals surface area contributed by atoms with Crippen molar-refractivity contribution in [3.63, 3.8) is 0 Å². The maximum atomic E-state index is 11.9. The van der Waals surface area contributed by atoms with Crippen molar-refractivity contribution >= 4 is 28.6 Å². The Kier molecular flexibility index (Phi) is 5.73. The van der Waals surface area contributed by atoms with Crippen molar-refractivity contribution < 1.29 is 24.0 Å². The summed E-state index contributed by atoms with van der Waals surface area (Å²) in [5, 5.41) is 20.0. The van der Waals surface area contributed by atoms with Gasteiger partial charge in [-0.3, -0.25) is 14.3 Å². The lowest BCUT2D eigenvalue weighted by Gasteiger charge is -2.15. The SMILES string of the molecule is CCn1cc([C@@H]2O[C@H](COP(=O)(Cl)Cl)[C@H](O)[C@@H]2O)c(=O)[nH]c1=O. The van der Waals surface area contributed by atoms with Crippen molar-refractivity contribution in [1.82, 2.24) is 9.55 Å². The number of ether oxygens (including phenoxy) is 1. The van der Waals surface area contributed by atoms with Crippen molar-refractivity contribution in [2.75, 3.05) is 6.61 Å². The van der Waals surface area contributed by atoms with Crippen LogP contribution in [0.2, 0.25) is 0 Å². The van der Waals surface area contributed by atoms with Gasteiger partial charge in [0.25, 0.3) is 5.56 Å². The fourth-order valence-corrected chi connectivity index (χ4v) is 2.93. The van der Waals surface area contributed by atoms with Crippen LogP contribution in [-0.2, 0) is 20.4 Å². The number of rotatable bonds is 5. The van der Waals surface area contributed by atoms with E-state index < -0.39 is 48.3 Å². The summed E-state index contributed by atoms with van der Waals surface area (Å²) in [6.45, 7) is 1.55. The summed E-state index contributed by atoms with van der Waals surface area (Å²) in [7, 11) is 0. The molecule has 0 aliphatic carbocycles. The third-order valence-electron chi connectivity index (χ3n) is 3.44. The van der Waals surface area contributed by atoms with Gasteiger partial charge in [0.15, 0.2) is 0 Å². The molecule has 0 radical (unpaired) electrons. The van der Waals surface area contributed by atoms with E-state index in [4.69, 9.17) is 27.2 Å². The molecule has 1 aliphatic heterocycles. The van der Waals surface area contributed by atoms with Crippen molar-refractivity contribution in [1.29, 1.82) is 0 Å². The number of aryl methyl sites for hydroxylation is 1. The van der Waals surface area contributed by atoms with Gasteiger partial charge in [0, 0.05) is 12.7 Å². The average Bonchev–Trinajstić information content (AvgIpc) is 2.73. The lowest BCUT2D eigenvalue weighted by molar-refractivity contribution is -0.0159. The molecule has 1 aliphatic rings. The summed E-state index contributed by atoms with van der Waals surface area (Å²) in [5.41, 5.74) is -1.36. The third-order valence-corrected chi connectivity index (χ3v) is 4.47. The summed E-state index contributed by atoms with van der Waals surface area (Å²) in [4.78, 5) is 25.5. The first-order chi connectivity index (χ1) is 10.6. The van der Waals surface area contributed by atoms with Gasteiger partial charge < -0.3 is 24.0 Å². The van der Waals surface area contributed by atoms with E-state index >= 15 is 0 Å². The maximum absolute atomic E-state index is 11.9. The monoisotopic (exact) mass is 388 g/mol. The number of aromatic nitrogens is 2. The summed E-state index contributed by atoms with van der Waals surface area (Å²) < 4.78 is 22.4. The number of nitrogens with zero attached hydrogens (tertiary/aromatic N) is 1. The molecule has 23 heavy (non-hydrogen) atoms. The fraction of sp³-hybridized carbons (Fsp3) is 0.636. The predicted molar refractivity (Wildman–Crippen MR) is 81.9 cm³/mol. The molecule has 2 heterocycles. The molecule has 1 aromatic rings. The standard InChI is InChI=1S/C11H15Cl2N2O7P/c1-2-15-3-5(10(18)14-11(15)19)9-8(17)7(16)6(22-9)4-21-23(12,13)20/h3,6-9,16-17H,2,4H2,1H3,(H,14,18,19)/t6-,7+,8+,9+/m1/s1. The summed E-state index contributed by atoms with van der Waals surface area (Å²) in [6, 6.07) is 0. The highest BCUT2D eigenvalue weighted by Crippen LogP contribution is 2.57. The van der Waals surface area contributed by atoms with Crippen LogP contribution in [0.4, 0.5) is 0 Å². The molecule has 2 rings (SSSR count). The van der Waals surface area contributed by atoms with E-state index in [0.29, 0.717) is 6.54 Å². The van der Waals surface area contributed by atoms with Crippen LogP contribution in [0.15, 0.2) is 15.8 Å². The number of aliphatic hydroxyl groups is 2. The Morgan fingerprint density at radius 1 is 1.39 bits per heavy atom. The maximum Gasteiger partial charge on any atom is 0.380 e. The molecule has 0 amide bonds. The molecule has 130 valence electrons. The number of halogens is 2. The van der Waals surface area contributed by atoms with Crippen LogP contribution in [0.3, 0.4) is 0 Å². The normalized spacial score (nSPS) is 28.2. The molecule has 0 unspecified atom stereocenters. The molecule has 0 bridgehead atoms. The Balaban J connectivity index is 2.26. The molecule has 1 saturated heterocycles. The van der Waals surface area contributed by atoms with Crippen LogP contribution in [-0.4, -0.2) is 44.7 Å². The van der Waals surface area contributed by atoms with Crippen LogP contribution in [0.25, 0.3) is 0 Å². The van der Waals surface area contributed by atoms with Crippen LogP contribution in [0.5, 0.6) is 0 Å². The zero-order valence-corrected chi connectivity index (χ0v) is 14.3. The number of aliphatic hydroxyl groups excluding tert-OH is 2. The molecule has 0 aromatic carbocycles. The van der Waals surface area contributed by atoms with E-state index in [9.17, 15) is 24.4 Å². The topological polar surface area (TPSA) is 131 Å². The van der Waals surface area contributed by atoms with Gasteiger partial charge in [0.2, 0.25) is 0 Å². The molecule has 0 spiro atoms. The molecule has 3 N–H and O–H groups in total. The van der Waals surface area contributed by atoms with Crippen molar-refractivity contribution in [3.8, 4) is 0 Å². The van der Waals surface area contributed by atoms with Gasteiger partial charge in [-0.15, -0.1) is 0 Å². The Morgan fingerprint density at radius 3 is 2.61 bits per heavy atom. The van der Waals surface area contributed by atoms with E-state index in [1.165, 1.54) is 10.8 Å². The number of nitrogens with one attached hydrogen (secondary N) is 1. The summed E-state index contributed by atoms with van der Waals surface area (Å²) in [6.07, 6.45) is -7.72. The van der Waals surface area contributed by atoms with E-state index in [2.05, 4.69) is 9.51 Å². The molecule has 4 atom stereocenters. The summed E-state index contributed by atoms with van der Waals surface area (Å²) >= 11 is 10.5. The zero-order valence-electron chi connectivity index (χ0n) is 11.9. The first kappa shape index (κ1) is 18.7. The first-order valence-corrected chi connectivity index (χ1v) is 10.1. The highest BCUT2D eigenvalue weighted by molar-refractivity contribution is 8.05. The quantitative estimate of drug-likeness (QED) is 0.619. The van der Waals surface area contributed by atoms with Gasteiger partial charge in [0.1, 0.15) is 24.4 Å². The molecule has 1 fully saturated rings. The van der Waals surface area contributed by atoms with E-state index in [0.717, 1.165) is 0 Å². The van der Waals surface area contributed by atoms with Crippen molar-refractivity contribution in [2.24, 2.45) is 0 Å². The van der Waals surface area contributed by atoms with Gasteiger partial charge >= 0.3 is 11.8 Å². The number of hydrogen-bond donors (Lipinski definition) is 3. The van der Waals surface area contributed by atoms with Gasteiger partial charge in [-0.2, -0.15) is 0 Å². The minimum absolute atomic E-state index is 0.0274. The first-order valence-electron chi connectivity index (χ1n) is 6.63. The molecule has 0 saturated carbocycles. The number of aromatic amines is 1. The Bertz CT molecular complexity index is 730. The third kappa shape index (κ3) is 4.24. The lowest BCUT2D eigenvalue weighted by Crippen LogP contribution is -2.36. The van der Waals surface area contributed by atoms with Gasteiger partial charge in [-0.25, -0.2) is 4.79 Å². The van der Waals surface area contributed by atoms with E-state index in [-0.39, 0.29) is 5.56 Å². The molecular weight excluding hydrogens is 374 g/mol. The van der Waals surface area contributed by atoms with E-state index in [1.807, 2.05) is 0 Å². The second kappa shape index (κ2) is 7.06. The van der Waals surface area contributed by atoms with Crippen LogP contribution in [0, 0.1) is 0 Å². The molecular formula is C11H15Cl2N2O7P. The minimum Gasteiger partial charge on any atom is -0.387 e. The largest absolute Gasteiger partial charge is 0.387 e. The Labute approximate surface area is 139 Å². The number of H-pyrrole nitrogens is 1. The van der Waals surface area contributed by atoms with E-state index in [1.54, 1.807) is 6.92 Å². The van der Waals surface area contributed by atoms with Gasteiger partial charge in [-0.05, 0) is 29.4 Å². The molecule has 1 aromatic heterocycles. The Morgan fingerprint density at radius 2 is 2.04 bits per heavy atom. The average molecular weight is 389 g/mol. The zero-order chi connectivity index (χ0) is 17.4. The van der Waals surface area contributed by atoms with Crippen LogP contribution in [0.1, 0.15) is 18.6 Å². The van der Waals surface area contributed by atoms with Gasteiger partial charge in [0.05, 0.1) is 12.2 Å². The Hall–Kier alpha value is -0.670. The second-order valence-electron chi connectivity index (χ2n) is 4.92. The van der Waals surface area contributed by atoms with Gasteiger partial charge in [-0.1, -0.05) is 0 Å². The van der Waals surface area contributed by atoms with Crippen molar-refractivity contribution in [2.45, 2.75) is 37.9 Å². The van der Waals surface area contributed by atoms with Crippen LogP contribution < -0.4 is 11.2 Å². The smallest absolute Gasteiger partial charge is 0.380 e. The second-order valence-corrected chi connectivity index (χ2v) is 9.19. The fourth-order valence-electron chi connectivity index (χ4n) is 2.27. The van der Waals surface area contributed by atoms with Crippen molar-refractivity contribution in [3.05, 3.63) is 32.6 Å². The number of hydrogen-bond acceptors (Lipinski definition) is 7. The van der Waals surface area contributed by atoms with Crippen LogP contribution >= 0.6 is 28.6 Å². The molecule has 12 heteroatoms. The molecule has 9 nitrogen and oxygen atoms in total. The highest BCUT2D eigenvalue weighted by atomic mass is 35.9. The summed E-state index contributed by atoms with van der Waals surface area (Å²) in [5.74, 6) is 0. The minimum atomic E-state index is -3.83. The lowest BCUT2D eigenvalue weighted by atomic mass is 10.0.